The van der Waals surface area contributed by atoms with Crippen LogP contribution in [0.1, 0.15) is 12.8 Å². The molecule has 0 bridgehead atoms. The van der Waals surface area contributed by atoms with Crippen LogP contribution in [0.2, 0.25) is 0 Å². The van der Waals surface area contributed by atoms with Crippen LogP contribution < -0.4 is 5.32 Å². The van der Waals surface area contributed by atoms with E-state index in [0.29, 0.717) is 11.0 Å². The molecule has 0 aliphatic carbocycles. The van der Waals surface area contributed by atoms with Gasteiger partial charge in [0.15, 0.2) is 5.13 Å². The fourth-order valence-electron chi connectivity index (χ4n) is 2.45. The van der Waals surface area contributed by atoms with Crippen LogP contribution in [-0.2, 0) is 6.54 Å². The number of amides is 2. The van der Waals surface area contributed by atoms with Crippen molar-refractivity contribution >= 4 is 22.5 Å². The van der Waals surface area contributed by atoms with E-state index >= 15 is 0 Å². The Balaban J connectivity index is 1.56. The molecule has 1 N–H and O–H groups in total. The minimum absolute atomic E-state index is 0.0664. The summed E-state index contributed by atoms with van der Waals surface area (Å²) in [6.45, 7) is 2.35. The lowest BCUT2D eigenvalue weighted by molar-refractivity contribution is 0.168. The zero-order valence-corrected chi connectivity index (χ0v) is 11.8. The molecule has 3 heterocycles. The Morgan fingerprint density at radius 2 is 2.50 bits per heavy atom. The van der Waals surface area contributed by atoms with Gasteiger partial charge in [-0.15, -0.1) is 11.3 Å². The maximum atomic E-state index is 12.2. The van der Waals surface area contributed by atoms with E-state index in [1.807, 2.05) is 15.0 Å². The molecule has 0 spiro atoms. The first kappa shape index (κ1) is 13.0. The van der Waals surface area contributed by atoms with Gasteiger partial charge in [-0.05, 0) is 18.8 Å². The Kier molecular flexibility index (Phi) is 3.91. The van der Waals surface area contributed by atoms with Crippen LogP contribution >= 0.6 is 11.3 Å². The number of nitrogens with zero attached hydrogens (tertiary/aromatic N) is 5. The van der Waals surface area contributed by atoms with Crippen molar-refractivity contribution in [1.29, 1.82) is 0 Å². The van der Waals surface area contributed by atoms with E-state index in [0.717, 1.165) is 32.5 Å². The first-order valence-corrected chi connectivity index (χ1v) is 7.47. The molecule has 3 rings (SSSR count). The summed E-state index contributed by atoms with van der Waals surface area (Å²) in [7, 11) is 0. The molecule has 106 valence electrons. The first-order valence-electron chi connectivity index (χ1n) is 6.59. The van der Waals surface area contributed by atoms with Gasteiger partial charge in [0.1, 0.15) is 12.7 Å². The SMILES string of the molecule is O=C(Nc1nccs1)N1CCCC(Cn2cncn2)C1. The summed E-state index contributed by atoms with van der Waals surface area (Å²) in [6.07, 6.45) is 7.07. The van der Waals surface area contributed by atoms with Crippen LogP contribution in [0.5, 0.6) is 0 Å². The zero-order chi connectivity index (χ0) is 13.8. The highest BCUT2D eigenvalue weighted by Gasteiger charge is 2.24. The van der Waals surface area contributed by atoms with Gasteiger partial charge in [0.2, 0.25) is 0 Å². The number of piperidine rings is 1. The minimum atomic E-state index is -0.0664. The summed E-state index contributed by atoms with van der Waals surface area (Å²) in [5, 5.41) is 9.44. The number of rotatable bonds is 3. The third-order valence-corrected chi connectivity index (χ3v) is 4.05. The molecule has 8 heteroatoms. The predicted molar refractivity (Wildman–Crippen MR) is 75.5 cm³/mol. The Bertz CT molecular complexity index is 540. The number of anilines is 1. The molecule has 1 saturated heterocycles. The Hall–Kier alpha value is -1.96. The van der Waals surface area contributed by atoms with Gasteiger partial charge in [0, 0.05) is 31.2 Å². The van der Waals surface area contributed by atoms with Crippen LogP contribution in [-0.4, -0.2) is 43.8 Å². The third-order valence-electron chi connectivity index (χ3n) is 3.36. The van der Waals surface area contributed by atoms with E-state index in [1.54, 1.807) is 12.5 Å². The van der Waals surface area contributed by atoms with Crippen molar-refractivity contribution in [3.05, 3.63) is 24.2 Å². The van der Waals surface area contributed by atoms with E-state index in [9.17, 15) is 4.79 Å². The van der Waals surface area contributed by atoms with E-state index in [-0.39, 0.29) is 6.03 Å². The second kappa shape index (κ2) is 6.00. The highest BCUT2D eigenvalue weighted by atomic mass is 32.1. The number of hydrogen-bond donors (Lipinski definition) is 1. The average molecular weight is 292 g/mol. The summed E-state index contributed by atoms with van der Waals surface area (Å²) in [5.74, 6) is 0.424. The normalized spacial score (nSPS) is 19.0. The summed E-state index contributed by atoms with van der Waals surface area (Å²) in [6, 6.07) is -0.0664. The van der Waals surface area contributed by atoms with Gasteiger partial charge in [-0.25, -0.2) is 14.8 Å². The summed E-state index contributed by atoms with van der Waals surface area (Å²) in [5.41, 5.74) is 0. The van der Waals surface area contributed by atoms with Crippen molar-refractivity contribution in [1.82, 2.24) is 24.6 Å². The molecule has 20 heavy (non-hydrogen) atoms. The van der Waals surface area contributed by atoms with Crippen LogP contribution in [0, 0.1) is 5.92 Å². The topological polar surface area (TPSA) is 75.9 Å². The number of carbonyl (C=O) groups is 1. The molecular formula is C12H16N6OS. The molecule has 2 aromatic rings. The number of nitrogens with one attached hydrogen (secondary N) is 1. The number of carbonyl (C=O) groups excluding carboxylic acids is 1. The molecule has 0 saturated carbocycles. The molecule has 1 atom stereocenters. The number of hydrogen-bond acceptors (Lipinski definition) is 5. The van der Waals surface area contributed by atoms with E-state index < -0.39 is 0 Å². The zero-order valence-electron chi connectivity index (χ0n) is 11.0. The quantitative estimate of drug-likeness (QED) is 0.934. The summed E-state index contributed by atoms with van der Waals surface area (Å²) < 4.78 is 1.83. The lowest BCUT2D eigenvalue weighted by Crippen LogP contribution is -2.43. The van der Waals surface area contributed by atoms with E-state index in [2.05, 4.69) is 20.4 Å². The molecule has 7 nitrogen and oxygen atoms in total. The molecule has 2 aromatic heterocycles. The third kappa shape index (κ3) is 3.13. The number of urea groups is 1. The van der Waals surface area contributed by atoms with Crippen molar-refractivity contribution < 1.29 is 4.79 Å². The van der Waals surface area contributed by atoms with Crippen molar-refractivity contribution in [2.45, 2.75) is 19.4 Å². The molecule has 0 aromatic carbocycles. The Morgan fingerprint density at radius 1 is 1.55 bits per heavy atom. The monoisotopic (exact) mass is 292 g/mol. The van der Waals surface area contributed by atoms with Crippen molar-refractivity contribution in [3.63, 3.8) is 0 Å². The summed E-state index contributed by atoms with van der Waals surface area (Å²) in [4.78, 5) is 22.0. The van der Waals surface area contributed by atoms with Crippen LogP contribution in [0.4, 0.5) is 9.93 Å². The van der Waals surface area contributed by atoms with Gasteiger partial charge in [-0.1, -0.05) is 0 Å². The van der Waals surface area contributed by atoms with Gasteiger partial charge in [0.25, 0.3) is 0 Å². The van der Waals surface area contributed by atoms with Crippen LogP contribution in [0.15, 0.2) is 24.2 Å². The molecular weight excluding hydrogens is 276 g/mol. The molecule has 1 aliphatic rings. The molecule has 1 unspecified atom stereocenters. The standard InChI is InChI=1S/C12H16N6OS/c19-12(16-11-14-3-5-20-11)17-4-1-2-10(6-17)7-18-9-13-8-15-18/h3,5,8-10H,1-2,4,6-7H2,(H,14,16,19). The van der Waals surface area contributed by atoms with Crippen molar-refractivity contribution in [2.24, 2.45) is 5.92 Å². The highest BCUT2D eigenvalue weighted by Crippen LogP contribution is 2.19. The average Bonchev–Trinajstić information content (AvgIpc) is 3.12. The number of likely N-dealkylation sites (tertiary alicyclic amines) is 1. The van der Waals surface area contributed by atoms with Gasteiger partial charge in [-0.2, -0.15) is 5.10 Å². The van der Waals surface area contributed by atoms with Gasteiger partial charge in [-0.3, -0.25) is 10.00 Å². The molecule has 1 aliphatic heterocycles. The minimum Gasteiger partial charge on any atom is -0.324 e. The number of thiazole rings is 1. The largest absolute Gasteiger partial charge is 0.324 e. The van der Waals surface area contributed by atoms with E-state index in [1.165, 1.54) is 17.7 Å². The molecule has 0 radical (unpaired) electrons. The highest BCUT2D eigenvalue weighted by molar-refractivity contribution is 7.13. The smallest absolute Gasteiger partial charge is 0.323 e. The van der Waals surface area contributed by atoms with Gasteiger partial charge in [0.05, 0.1) is 0 Å². The fourth-order valence-corrected chi connectivity index (χ4v) is 2.96. The number of aromatic nitrogens is 4. The second-order valence-electron chi connectivity index (χ2n) is 4.84. The molecule has 1 fully saturated rings. The van der Waals surface area contributed by atoms with E-state index in [4.69, 9.17) is 0 Å². The lowest BCUT2D eigenvalue weighted by atomic mass is 9.98. The maximum absolute atomic E-state index is 12.2. The van der Waals surface area contributed by atoms with Crippen LogP contribution in [0.25, 0.3) is 0 Å². The summed E-state index contributed by atoms with van der Waals surface area (Å²) >= 11 is 1.43. The predicted octanol–water partition coefficient (Wildman–Crippen LogP) is 1.68. The van der Waals surface area contributed by atoms with Crippen molar-refractivity contribution in [2.75, 3.05) is 18.4 Å². The first-order chi connectivity index (χ1) is 9.81. The van der Waals surface area contributed by atoms with Gasteiger partial charge >= 0.3 is 6.03 Å². The maximum Gasteiger partial charge on any atom is 0.323 e. The fraction of sp³-hybridized carbons (Fsp3) is 0.500. The second-order valence-corrected chi connectivity index (χ2v) is 5.73. The van der Waals surface area contributed by atoms with Crippen molar-refractivity contribution in [3.8, 4) is 0 Å². The van der Waals surface area contributed by atoms with Crippen LogP contribution in [0.3, 0.4) is 0 Å². The van der Waals surface area contributed by atoms with Gasteiger partial charge < -0.3 is 4.90 Å². The molecule has 2 amide bonds. The lowest BCUT2D eigenvalue weighted by Gasteiger charge is -2.32. The Labute approximate surface area is 120 Å². The Morgan fingerprint density at radius 3 is 3.25 bits per heavy atom.